The summed E-state index contributed by atoms with van der Waals surface area (Å²) in [5.41, 5.74) is -0.696. The number of hydrogen-bond donors (Lipinski definition) is 3. The number of thioether (sulfide) groups is 1. The Kier molecular flexibility index (Phi) is 4.22. The summed E-state index contributed by atoms with van der Waals surface area (Å²) in [6, 6.07) is 12.4. The van der Waals surface area contributed by atoms with Crippen LogP contribution in [0.1, 0.15) is 0 Å². The minimum absolute atomic E-state index is 0.321. The second-order valence-corrected chi connectivity index (χ2v) is 5.35. The van der Waals surface area contributed by atoms with Crippen molar-refractivity contribution < 1.29 is 14.3 Å². The fraction of sp³-hybridized carbons (Fsp3) is 0.0714. The molecule has 112 valence electrons. The van der Waals surface area contributed by atoms with Gasteiger partial charge in [-0.2, -0.15) is 0 Å². The summed E-state index contributed by atoms with van der Waals surface area (Å²) < 4.78 is 5.18. The highest BCUT2D eigenvalue weighted by atomic mass is 32.2. The van der Waals surface area contributed by atoms with Crippen LogP contribution in [0.15, 0.2) is 58.3 Å². The number of para-hydroxylation sites is 1. The Hall–Kier alpha value is -2.58. The number of aliphatic hydroxyl groups is 1. The first-order valence-corrected chi connectivity index (χ1v) is 7.27. The van der Waals surface area contributed by atoms with Gasteiger partial charge >= 0.3 is 0 Å². The summed E-state index contributed by atoms with van der Waals surface area (Å²) in [5.74, 6) is 0.429. The number of hydrogen-bond acceptors (Lipinski definition) is 6. The van der Waals surface area contributed by atoms with E-state index in [4.69, 9.17) is 4.42 Å². The van der Waals surface area contributed by atoms with Crippen LogP contribution in [0, 0.1) is 0 Å². The van der Waals surface area contributed by atoms with Gasteiger partial charge in [0, 0.05) is 5.69 Å². The zero-order valence-corrected chi connectivity index (χ0v) is 12.1. The predicted molar refractivity (Wildman–Crippen MR) is 81.0 cm³/mol. The molecule has 0 saturated carbocycles. The van der Waals surface area contributed by atoms with Gasteiger partial charge in [-0.25, -0.2) is 0 Å². The van der Waals surface area contributed by atoms with E-state index in [0.29, 0.717) is 22.4 Å². The maximum Gasteiger partial charge on any atom is 0.264 e. The lowest BCUT2D eigenvalue weighted by molar-refractivity contribution is -0.120. The van der Waals surface area contributed by atoms with Crippen molar-refractivity contribution in [2.24, 2.45) is 0 Å². The number of carbonyl (C=O) groups is 1. The number of rotatable bonds is 5. The molecule has 1 atom stereocenters. The number of anilines is 1. The number of furan rings is 1. The average Bonchev–Trinajstić information content (AvgIpc) is 3.19. The third-order valence-electron chi connectivity index (χ3n) is 2.71. The maximum atomic E-state index is 11.9. The topological polar surface area (TPSA) is 104 Å². The molecule has 0 aliphatic rings. The number of benzene rings is 1. The Balaban J connectivity index is 1.62. The molecule has 22 heavy (non-hydrogen) atoms. The molecule has 1 aromatic carbocycles. The van der Waals surface area contributed by atoms with Gasteiger partial charge in [0.05, 0.1) is 6.26 Å². The van der Waals surface area contributed by atoms with Crippen molar-refractivity contribution in [2.45, 2.75) is 10.6 Å². The third-order valence-corrected chi connectivity index (χ3v) is 3.55. The second kappa shape index (κ2) is 6.46. The molecule has 0 fully saturated rings. The number of nitrogens with zero attached hydrogens (tertiary/aromatic N) is 2. The van der Waals surface area contributed by atoms with Crippen LogP contribution in [0.4, 0.5) is 5.69 Å². The van der Waals surface area contributed by atoms with Crippen LogP contribution in [0.25, 0.3) is 11.6 Å². The normalized spacial score (nSPS) is 12.0. The lowest BCUT2D eigenvalue weighted by Crippen LogP contribution is -2.24. The molecule has 0 aliphatic carbocycles. The summed E-state index contributed by atoms with van der Waals surface area (Å²) in [4.78, 5) is 14.8. The molecule has 1 unspecified atom stereocenters. The van der Waals surface area contributed by atoms with E-state index in [0.717, 1.165) is 11.8 Å². The summed E-state index contributed by atoms with van der Waals surface area (Å²) in [6.45, 7) is 0. The first-order valence-electron chi connectivity index (χ1n) is 6.39. The first-order chi connectivity index (χ1) is 10.7. The van der Waals surface area contributed by atoms with E-state index in [2.05, 4.69) is 20.5 Å². The van der Waals surface area contributed by atoms with Crippen molar-refractivity contribution in [2.75, 3.05) is 5.32 Å². The third kappa shape index (κ3) is 3.35. The van der Waals surface area contributed by atoms with Gasteiger partial charge in [0.2, 0.25) is 0 Å². The van der Waals surface area contributed by atoms with Crippen molar-refractivity contribution >= 4 is 23.4 Å². The van der Waals surface area contributed by atoms with Crippen LogP contribution in [-0.4, -0.2) is 31.6 Å². The molecule has 0 saturated heterocycles. The van der Waals surface area contributed by atoms with Gasteiger partial charge in [0.25, 0.3) is 5.91 Å². The Labute approximate surface area is 129 Å². The number of amides is 1. The number of carbonyl (C=O) groups excluding carboxylic acids is 1. The van der Waals surface area contributed by atoms with E-state index >= 15 is 0 Å². The van der Waals surface area contributed by atoms with Gasteiger partial charge in [-0.1, -0.05) is 18.2 Å². The summed E-state index contributed by atoms with van der Waals surface area (Å²) >= 11 is 0.862. The molecule has 0 bridgehead atoms. The summed E-state index contributed by atoms with van der Waals surface area (Å²) in [6.07, 6.45) is 1.52. The molecular weight excluding hydrogens is 304 g/mol. The Morgan fingerprint density at radius 1 is 1.23 bits per heavy atom. The zero-order valence-electron chi connectivity index (χ0n) is 11.3. The van der Waals surface area contributed by atoms with Crippen LogP contribution in [0.5, 0.6) is 0 Å². The van der Waals surface area contributed by atoms with E-state index < -0.39 is 11.3 Å². The van der Waals surface area contributed by atoms with E-state index in [1.807, 2.05) is 6.07 Å². The number of aliphatic hydroxyl groups excluding tert-OH is 1. The fourth-order valence-corrected chi connectivity index (χ4v) is 2.33. The number of H-pyrrole nitrogens is 1. The lowest BCUT2D eigenvalue weighted by Gasteiger charge is -2.09. The van der Waals surface area contributed by atoms with Crippen molar-refractivity contribution in [3.8, 4) is 11.6 Å². The summed E-state index contributed by atoms with van der Waals surface area (Å²) in [5, 5.41) is 20.6. The molecule has 0 aliphatic heterocycles. The van der Waals surface area contributed by atoms with E-state index in [-0.39, 0.29) is 0 Å². The second-order valence-electron chi connectivity index (χ2n) is 4.28. The maximum absolute atomic E-state index is 11.9. The minimum Gasteiger partial charge on any atom is -0.461 e. The molecule has 1 amide bonds. The first kappa shape index (κ1) is 14.4. The van der Waals surface area contributed by atoms with Gasteiger partial charge in [0.1, 0.15) is 0 Å². The molecule has 0 spiro atoms. The molecule has 8 heteroatoms. The quantitative estimate of drug-likeness (QED) is 0.492. The number of nitrogens with one attached hydrogen (secondary N) is 2. The van der Waals surface area contributed by atoms with E-state index in [9.17, 15) is 9.90 Å². The van der Waals surface area contributed by atoms with Crippen LogP contribution >= 0.6 is 11.8 Å². The monoisotopic (exact) mass is 316 g/mol. The van der Waals surface area contributed by atoms with Crippen LogP contribution < -0.4 is 5.32 Å². The fourth-order valence-electron chi connectivity index (χ4n) is 1.71. The summed E-state index contributed by atoms with van der Waals surface area (Å²) in [7, 11) is 0. The van der Waals surface area contributed by atoms with Crippen molar-refractivity contribution in [1.82, 2.24) is 15.2 Å². The highest BCUT2D eigenvalue weighted by Gasteiger charge is 2.19. The Bertz CT molecular complexity index is 743. The van der Waals surface area contributed by atoms with Crippen molar-refractivity contribution in [3.63, 3.8) is 0 Å². The minimum atomic E-state index is -1.31. The highest BCUT2D eigenvalue weighted by Crippen LogP contribution is 2.22. The molecule has 7 nitrogen and oxygen atoms in total. The van der Waals surface area contributed by atoms with Crippen LogP contribution in [0.3, 0.4) is 0 Å². The Morgan fingerprint density at radius 3 is 2.77 bits per heavy atom. The highest BCUT2D eigenvalue weighted by molar-refractivity contribution is 8.00. The van der Waals surface area contributed by atoms with Crippen molar-refractivity contribution in [1.29, 1.82) is 0 Å². The number of aromatic amines is 1. The molecule has 3 aromatic rings. The van der Waals surface area contributed by atoms with Gasteiger partial charge in [-0.05, 0) is 36.0 Å². The SMILES string of the molecule is O=C(Nc1ccccc1)C(O)Sc1nnc(-c2ccco2)[nH]1. The molecular formula is C14H12N4O3S. The van der Waals surface area contributed by atoms with Gasteiger partial charge in [-0.3, -0.25) is 4.79 Å². The number of aromatic nitrogens is 3. The lowest BCUT2D eigenvalue weighted by atomic mass is 10.3. The average molecular weight is 316 g/mol. The Morgan fingerprint density at radius 2 is 2.05 bits per heavy atom. The van der Waals surface area contributed by atoms with Crippen LogP contribution in [-0.2, 0) is 4.79 Å². The van der Waals surface area contributed by atoms with Gasteiger partial charge in [0.15, 0.2) is 22.2 Å². The molecule has 3 N–H and O–H groups in total. The molecule has 2 aromatic heterocycles. The smallest absolute Gasteiger partial charge is 0.264 e. The largest absolute Gasteiger partial charge is 0.461 e. The standard InChI is InChI=1S/C14H12N4O3S/c19-12(15-9-5-2-1-3-6-9)13(20)22-14-16-11(17-18-14)10-7-4-8-21-10/h1-8,13,20H,(H,15,19)(H,16,17,18). The molecule has 2 heterocycles. The molecule has 0 radical (unpaired) electrons. The molecule has 3 rings (SSSR count). The van der Waals surface area contributed by atoms with Crippen LogP contribution in [0.2, 0.25) is 0 Å². The predicted octanol–water partition coefficient (Wildman–Crippen LogP) is 2.11. The van der Waals surface area contributed by atoms with E-state index in [1.54, 1.807) is 36.4 Å². The zero-order chi connectivity index (χ0) is 15.4. The van der Waals surface area contributed by atoms with E-state index in [1.165, 1.54) is 6.26 Å². The van der Waals surface area contributed by atoms with Crippen molar-refractivity contribution in [3.05, 3.63) is 48.7 Å². The van der Waals surface area contributed by atoms with Gasteiger partial charge in [-0.15, -0.1) is 10.2 Å². The van der Waals surface area contributed by atoms with Gasteiger partial charge < -0.3 is 19.8 Å².